The minimum Gasteiger partial charge on any atom is -0.338 e. The molecule has 1 aliphatic rings. The van der Waals surface area contributed by atoms with Gasteiger partial charge in [-0.2, -0.15) is 5.10 Å². The molecule has 0 bridgehead atoms. The summed E-state index contributed by atoms with van der Waals surface area (Å²) in [6.45, 7) is 2.20. The van der Waals surface area contributed by atoms with E-state index in [2.05, 4.69) is 54.7 Å². The maximum atomic E-state index is 13.9. The minimum absolute atomic E-state index is 0.261. The van der Waals surface area contributed by atoms with Crippen molar-refractivity contribution in [3.05, 3.63) is 90.6 Å². The van der Waals surface area contributed by atoms with E-state index in [-0.39, 0.29) is 5.82 Å². The van der Waals surface area contributed by atoms with E-state index < -0.39 is 0 Å². The Morgan fingerprint density at radius 2 is 1.79 bits per heavy atom. The molecule has 0 amide bonds. The van der Waals surface area contributed by atoms with Crippen molar-refractivity contribution in [3.8, 4) is 33.6 Å². The van der Waals surface area contributed by atoms with Gasteiger partial charge in [0, 0.05) is 34.9 Å². The van der Waals surface area contributed by atoms with Gasteiger partial charge in [0.05, 0.1) is 11.2 Å². The Labute approximate surface area is 219 Å². The van der Waals surface area contributed by atoms with Crippen molar-refractivity contribution < 1.29 is 4.39 Å². The maximum absolute atomic E-state index is 13.9. The SMILES string of the molecule is Fc1cccc(-c2ccnc3[nH]c(-c4n[nH]c5ccc(-c6cncc(CC7CCNCC7)c6)cc45)cc23)c1. The van der Waals surface area contributed by atoms with Gasteiger partial charge in [-0.1, -0.05) is 18.2 Å². The number of nitrogens with one attached hydrogen (secondary N) is 3. The molecule has 0 unspecified atom stereocenters. The second-order valence-corrected chi connectivity index (χ2v) is 10.1. The highest BCUT2D eigenvalue weighted by molar-refractivity contribution is 6.00. The summed E-state index contributed by atoms with van der Waals surface area (Å²) in [5, 5.41) is 13.2. The molecule has 5 heterocycles. The van der Waals surface area contributed by atoms with Crippen LogP contribution in [0, 0.1) is 11.7 Å². The summed E-state index contributed by atoms with van der Waals surface area (Å²) in [6, 6.07) is 19.2. The van der Waals surface area contributed by atoms with Crippen molar-refractivity contribution >= 4 is 21.9 Å². The van der Waals surface area contributed by atoms with E-state index in [1.54, 1.807) is 18.3 Å². The monoisotopic (exact) mass is 502 g/mol. The number of piperidine rings is 1. The van der Waals surface area contributed by atoms with Crippen molar-refractivity contribution in [2.24, 2.45) is 5.92 Å². The van der Waals surface area contributed by atoms with Crippen molar-refractivity contribution in [1.29, 1.82) is 0 Å². The van der Waals surface area contributed by atoms with Crippen LogP contribution in [-0.4, -0.2) is 38.2 Å². The van der Waals surface area contributed by atoms with E-state index in [1.807, 2.05) is 30.6 Å². The van der Waals surface area contributed by atoms with Crippen molar-refractivity contribution in [1.82, 2.24) is 30.5 Å². The molecule has 7 heteroatoms. The third-order valence-electron chi connectivity index (χ3n) is 7.60. The molecule has 0 radical (unpaired) electrons. The van der Waals surface area contributed by atoms with Gasteiger partial charge in [-0.05, 0) is 103 Å². The van der Waals surface area contributed by atoms with Gasteiger partial charge >= 0.3 is 0 Å². The number of rotatable bonds is 5. The fourth-order valence-electron chi connectivity index (χ4n) is 5.64. The van der Waals surface area contributed by atoms with Gasteiger partial charge in [0.15, 0.2) is 0 Å². The fourth-order valence-corrected chi connectivity index (χ4v) is 5.64. The first-order valence-electron chi connectivity index (χ1n) is 13.1. The topological polar surface area (TPSA) is 82.3 Å². The van der Waals surface area contributed by atoms with Gasteiger partial charge in [-0.3, -0.25) is 10.1 Å². The molecule has 6 nitrogen and oxygen atoms in total. The molecular formula is C31H27FN6. The molecule has 0 atom stereocenters. The van der Waals surface area contributed by atoms with Crippen LogP contribution in [0.4, 0.5) is 4.39 Å². The lowest BCUT2D eigenvalue weighted by Crippen LogP contribution is -2.28. The second kappa shape index (κ2) is 9.50. The number of fused-ring (bicyclic) bond motifs is 2. The summed E-state index contributed by atoms with van der Waals surface area (Å²) >= 11 is 0. The van der Waals surface area contributed by atoms with E-state index in [0.29, 0.717) is 5.92 Å². The first-order valence-corrected chi connectivity index (χ1v) is 13.1. The Morgan fingerprint density at radius 3 is 2.68 bits per heavy atom. The van der Waals surface area contributed by atoms with E-state index in [1.165, 1.54) is 24.5 Å². The van der Waals surface area contributed by atoms with Gasteiger partial charge < -0.3 is 10.3 Å². The van der Waals surface area contributed by atoms with Crippen LogP contribution in [0.3, 0.4) is 0 Å². The predicted molar refractivity (Wildman–Crippen MR) is 149 cm³/mol. The summed E-state index contributed by atoms with van der Waals surface area (Å²) in [7, 11) is 0. The van der Waals surface area contributed by atoms with Crippen molar-refractivity contribution in [2.75, 3.05) is 13.1 Å². The average molecular weight is 503 g/mol. The molecule has 0 saturated carbocycles. The zero-order valence-electron chi connectivity index (χ0n) is 20.8. The molecule has 1 aliphatic heterocycles. The van der Waals surface area contributed by atoms with E-state index in [9.17, 15) is 4.39 Å². The van der Waals surface area contributed by atoms with Crippen LogP contribution in [0.2, 0.25) is 0 Å². The van der Waals surface area contributed by atoms with Crippen LogP contribution in [-0.2, 0) is 6.42 Å². The van der Waals surface area contributed by atoms with Gasteiger partial charge in [0.1, 0.15) is 17.2 Å². The van der Waals surface area contributed by atoms with Gasteiger partial charge in [0.25, 0.3) is 0 Å². The second-order valence-electron chi connectivity index (χ2n) is 10.1. The lowest BCUT2D eigenvalue weighted by Gasteiger charge is -2.22. The predicted octanol–water partition coefficient (Wildman–Crippen LogP) is 6.52. The van der Waals surface area contributed by atoms with Gasteiger partial charge in [0.2, 0.25) is 0 Å². The average Bonchev–Trinajstić information content (AvgIpc) is 3.57. The largest absolute Gasteiger partial charge is 0.338 e. The van der Waals surface area contributed by atoms with E-state index in [4.69, 9.17) is 0 Å². The highest BCUT2D eigenvalue weighted by Gasteiger charge is 2.17. The van der Waals surface area contributed by atoms with Crippen LogP contribution in [0.25, 0.3) is 55.6 Å². The Bertz CT molecular complexity index is 1760. The first kappa shape index (κ1) is 22.8. The number of hydrogen-bond acceptors (Lipinski definition) is 4. The molecule has 2 aromatic carbocycles. The molecule has 4 aromatic heterocycles. The Balaban J connectivity index is 1.26. The van der Waals surface area contributed by atoms with Crippen molar-refractivity contribution in [2.45, 2.75) is 19.3 Å². The quantitative estimate of drug-likeness (QED) is 0.251. The number of nitrogens with zero attached hydrogens (tertiary/aromatic N) is 3. The first-order chi connectivity index (χ1) is 18.7. The van der Waals surface area contributed by atoms with Gasteiger partial charge in [-0.15, -0.1) is 0 Å². The Hall–Kier alpha value is -4.36. The summed E-state index contributed by atoms with van der Waals surface area (Å²) < 4.78 is 13.9. The summed E-state index contributed by atoms with van der Waals surface area (Å²) in [5.74, 6) is 0.451. The molecule has 38 heavy (non-hydrogen) atoms. The van der Waals surface area contributed by atoms with E-state index >= 15 is 0 Å². The number of benzene rings is 2. The molecule has 3 N–H and O–H groups in total. The molecule has 7 rings (SSSR count). The summed E-state index contributed by atoms with van der Waals surface area (Å²) in [4.78, 5) is 12.5. The molecule has 0 aliphatic carbocycles. The fraction of sp³-hybridized carbons (Fsp3) is 0.194. The third kappa shape index (κ3) is 4.25. The lowest BCUT2D eigenvalue weighted by molar-refractivity contribution is 0.372. The number of halogens is 1. The Kier molecular flexibility index (Phi) is 5.70. The van der Waals surface area contributed by atoms with Crippen molar-refractivity contribution in [3.63, 3.8) is 0 Å². The van der Waals surface area contributed by atoms with Crippen LogP contribution < -0.4 is 5.32 Å². The van der Waals surface area contributed by atoms with Gasteiger partial charge in [-0.25, -0.2) is 9.37 Å². The van der Waals surface area contributed by atoms with Crippen LogP contribution >= 0.6 is 0 Å². The molecule has 1 saturated heterocycles. The third-order valence-corrected chi connectivity index (χ3v) is 7.60. The number of hydrogen-bond donors (Lipinski definition) is 3. The molecule has 0 spiro atoms. The Morgan fingerprint density at radius 1 is 0.868 bits per heavy atom. The van der Waals surface area contributed by atoms with Crippen LogP contribution in [0.1, 0.15) is 18.4 Å². The zero-order chi connectivity index (χ0) is 25.5. The smallest absolute Gasteiger partial charge is 0.138 e. The lowest BCUT2D eigenvalue weighted by atomic mass is 9.91. The summed E-state index contributed by atoms with van der Waals surface area (Å²) in [6.07, 6.45) is 9.18. The minimum atomic E-state index is -0.261. The van der Waals surface area contributed by atoms with Crippen LogP contribution in [0.15, 0.2) is 79.3 Å². The number of pyridine rings is 2. The number of aromatic nitrogens is 5. The standard InChI is InChI=1S/C31H27FN6/c32-24-3-1-2-22(14-24)25-8-11-35-31-26(25)16-29(36-31)30-27-15-21(4-5-28(27)37-38-30)23-13-20(17-34-18-23)12-19-6-9-33-10-7-19/h1-5,8,11,13-19,33H,6-7,9-10,12H2,(H,35,36)(H,37,38). The molecular weight excluding hydrogens is 475 g/mol. The highest BCUT2D eigenvalue weighted by atomic mass is 19.1. The number of H-pyrrole nitrogens is 2. The summed E-state index contributed by atoms with van der Waals surface area (Å²) in [5.41, 5.74) is 8.62. The molecule has 6 aromatic rings. The maximum Gasteiger partial charge on any atom is 0.138 e. The molecule has 1 fully saturated rings. The zero-order valence-corrected chi connectivity index (χ0v) is 20.8. The highest BCUT2D eigenvalue weighted by Crippen LogP contribution is 2.35. The normalized spacial score (nSPS) is 14.4. The van der Waals surface area contributed by atoms with E-state index in [0.717, 1.165) is 75.1 Å². The molecule has 188 valence electrons. The number of aromatic amines is 2. The van der Waals surface area contributed by atoms with Crippen LogP contribution in [0.5, 0.6) is 0 Å².